The molecule has 0 heterocycles. The van der Waals surface area contributed by atoms with Crippen LogP contribution in [0.2, 0.25) is 5.02 Å². The molecule has 0 saturated heterocycles. The van der Waals surface area contributed by atoms with E-state index in [2.05, 4.69) is 21.2 Å². The third-order valence-corrected chi connectivity index (χ3v) is 9.61. The van der Waals surface area contributed by atoms with Gasteiger partial charge in [0.15, 0.2) is 0 Å². The number of benzene rings is 4. The van der Waals surface area contributed by atoms with Gasteiger partial charge in [0.2, 0.25) is 11.8 Å². The fraction of sp³-hybridized carbons (Fsp3) is 0.235. The maximum Gasteiger partial charge on any atom is 0.264 e. The second-order valence-corrected chi connectivity index (χ2v) is 13.8. The fourth-order valence-electron chi connectivity index (χ4n) is 4.78. The van der Waals surface area contributed by atoms with Crippen LogP contribution in [0.3, 0.4) is 0 Å². The quantitative estimate of drug-likeness (QED) is 0.172. The van der Waals surface area contributed by atoms with Crippen LogP contribution in [0.25, 0.3) is 0 Å². The van der Waals surface area contributed by atoms with Crippen molar-refractivity contribution in [3.8, 4) is 5.75 Å². The van der Waals surface area contributed by atoms with Crippen LogP contribution in [0.1, 0.15) is 25.0 Å². The van der Waals surface area contributed by atoms with Gasteiger partial charge in [-0.3, -0.25) is 13.9 Å². The Morgan fingerprint density at radius 1 is 0.889 bits per heavy atom. The van der Waals surface area contributed by atoms with Gasteiger partial charge in [-0.2, -0.15) is 0 Å². The van der Waals surface area contributed by atoms with Crippen molar-refractivity contribution in [1.29, 1.82) is 0 Å². The fourth-order valence-corrected chi connectivity index (χ4v) is 6.72. The zero-order valence-electron chi connectivity index (χ0n) is 25.2. The average molecular weight is 713 g/mol. The number of halogens is 2. The molecule has 8 nitrogen and oxygen atoms in total. The summed E-state index contributed by atoms with van der Waals surface area (Å²) in [5.74, 6) is -0.553. The lowest BCUT2D eigenvalue weighted by atomic mass is 10.0. The largest absolute Gasteiger partial charge is 0.495 e. The molecule has 0 bridgehead atoms. The van der Waals surface area contributed by atoms with Gasteiger partial charge in [-0.05, 0) is 67.4 Å². The van der Waals surface area contributed by atoms with Crippen molar-refractivity contribution in [3.05, 3.63) is 124 Å². The Hall–Kier alpha value is -3.86. The molecule has 0 radical (unpaired) electrons. The maximum absolute atomic E-state index is 14.5. The highest BCUT2D eigenvalue weighted by molar-refractivity contribution is 9.10. The molecule has 2 amide bonds. The molecule has 0 saturated carbocycles. The third kappa shape index (κ3) is 8.87. The summed E-state index contributed by atoms with van der Waals surface area (Å²) >= 11 is 9.87. The normalized spacial score (nSPS) is 12.0. The Bertz CT molecular complexity index is 1710. The topological polar surface area (TPSA) is 96.0 Å². The lowest BCUT2D eigenvalue weighted by molar-refractivity contribution is -0.140. The van der Waals surface area contributed by atoms with Gasteiger partial charge >= 0.3 is 0 Å². The molecule has 0 aromatic heterocycles. The number of methoxy groups -OCH3 is 1. The van der Waals surface area contributed by atoms with Crippen molar-refractivity contribution >= 4 is 55.1 Å². The number of amides is 2. The minimum Gasteiger partial charge on any atom is -0.495 e. The van der Waals surface area contributed by atoms with Crippen LogP contribution < -0.4 is 14.4 Å². The minimum atomic E-state index is -4.24. The van der Waals surface area contributed by atoms with Crippen LogP contribution in [0.4, 0.5) is 5.69 Å². The first-order chi connectivity index (χ1) is 21.5. The number of ether oxygens (including phenoxy) is 1. The SMILES string of the molecule is COc1ccc(N(CC(=O)N(Cc2ccc(Br)cc2)[C@@H](Cc2ccccc2)C(=O)NC(C)C)S(=O)(=O)c2ccccc2)cc1Cl. The van der Waals surface area contributed by atoms with E-state index in [0.717, 1.165) is 19.9 Å². The standard InChI is InChI=1S/C34H35BrClN3O5S/c1-24(2)37-34(41)31(20-25-10-6-4-7-11-25)38(22-26-14-16-27(35)17-15-26)33(40)23-39(28-18-19-32(44-3)30(36)21-28)45(42,43)29-12-8-5-9-13-29/h4-19,21,24,31H,20,22-23H2,1-3H3,(H,37,41)/t31-/m0/s1. The first-order valence-electron chi connectivity index (χ1n) is 14.3. The molecule has 0 fully saturated rings. The van der Waals surface area contributed by atoms with Crippen LogP contribution in [-0.4, -0.2) is 50.9 Å². The Morgan fingerprint density at radius 2 is 1.51 bits per heavy atom. The second-order valence-electron chi connectivity index (χ2n) is 10.7. The van der Waals surface area contributed by atoms with E-state index in [1.807, 2.05) is 68.4 Å². The molecule has 0 unspecified atom stereocenters. The van der Waals surface area contributed by atoms with Crippen molar-refractivity contribution in [2.45, 2.75) is 43.8 Å². The molecule has 4 aromatic rings. The molecule has 4 rings (SSSR count). The zero-order chi connectivity index (χ0) is 32.6. The summed E-state index contributed by atoms with van der Waals surface area (Å²) in [6, 6.07) is 28.1. The highest BCUT2D eigenvalue weighted by atomic mass is 79.9. The smallest absolute Gasteiger partial charge is 0.264 e. The van der Waals surface area contributed by atoms with Gasteiger partial charge in [-0.15, -0.1) is 0 Å². The Morgan fingerprint density at radius 3 is 2.09 bits per heavy atom. The van der Waals surface area contributed by atoms with Crippen molar-refractivity contribution in [1.82, 2.24) is 10.2 Å². The molecule has 0 spiro atoms. The van der Waals surface area contributed by atoms with E-state index in [0.29, 0.717) is 5.75 Å². The third-order valence-electron chi connectivity index (χ3n) is 7.00. The molecular formula is C34H35BrClN3O5S. The molecule has 0 aliphatic heterocycles. The molecule has 11 heteroatoms. The van der Waals surface area contributed by atoms with Gasteiger partial charge in [0, 0.05) is 23.5 Å². The highest BCUT2D eigenvalue weighted by Crippen LogP contribution is 2.32. The number of carbonyl (C=O) groups is 2. The van der Waals surface area contributed by atoms with Gasteiger partial charge < -0.3 is 15.0 Å². The second kappa shape index (κ2) is 15.4. The van der Waals surface area contributed by atoms with Crippen LogP contribution in [0.15, 0.2) is 112 Å². The van der Waals surface area contributed by atoms with E-state index < -0.39 is 28.5 Å². The summed E-state index contributed by atoms with van der Waals surface area (Å²) in [7, 11) is -2.79. The van der Waals surface area contributed by atoms with Gasteiger partial charge in [0.25, 0.3) is 10.0 Å². The van der Waals surface area contributed by atoms with Crippen molar-refractivity contribution in [2.24, 2.45) is 0 Å². The van der Waals surface area contributed by atoms with Gasteiger partial charge in [-0.25, -0.2) is 8.42 Å². The van der Waals surface area contributed by atoms with Gasteiger partial charge in [0.05, 0.1) is 22.7 Å². The number of anilines is 1. The number of sulfonamides is 1. The average Bonchev–Trinajstić information content (AvgIpc) is 3.02. The Balaban J connectivity index is 1.82. The summed E-state index contributed by atoms with van der Waals surface area (Å²) in [6.45, 7) is 3.17. The summed E-state index contributed by atoms with van der Waals surface area (Å²) < 4.78 is 35.3. The predicted molar refractivity (Wildman–Crippen MR) is 181 cm³/mol. The van der Waals surface area contributed by atoms with Crippen molar-refractivity contribution in [2.75, 3.05) is 18.0 Å². The first kappa shape index (κ1) is 34.0. The lowest BCUT2D eigenvalue weighted by Gasteiger charge is -2.34. The summed E-state index contributed by atoms with van der Waals surface area (Å²) in [5, 5.41) is 3.13. The van der Waals surface area contributed by atoms with E-state index in [1.54, 1.807) is 24.3 Å². The van der Waals surface area contributed by atoms with E-state index >= 15 is 0 Å². The van der Waals surface area contributed by atoms with Crippen molar-refractivity contribution in [3.63, 3.8) is 0 Å². The minimum absolute atomic E-state index is 0.00239. The number of hydrogen-bond acceptors (Lipinski definition) is 5. The number of rotatable bonds is 13. The van der Waals surface area contributed by atoms with Gasteiger partial charge in [-0.1, -0.05) is 88.2 Å². The molecule has 0 aliphatic carbocycles. The number of hydrogen-bond donors (Lipinski definition) is 1. The van der Waals surface area contributed by atoms with E-state index in [9.17, 15) is 18.0 Å². The monoisotopic (exact) mass is 711 g/mol. The first-order valence-corrected chi connectivity index (χ1v) is 16.9. The van der Waals surface area contributed by atoms with E-state index in [-0.39, 0.29) is 40.5 Å². The molecule has 236 valence electrons. The molecular weight excluding hydrogens is 678 g/mol. The summed E-state index contributed by atoms with van der Waals surface area (Å²) in [4.78, 5) is 29.7. The van der Waals surface area contributed by atoms with Crippen molar-refractivity contribution < 1.29 is 22.7 Å². The van der Waals surface area contributed by atoms with Crippen LogP contribution in [0.5, 0.6) is 5.75 Å². The van der Waals surface area contributed by atoms with Crippen LogP contribution in [-0.2, 0) is 32.6 Å². The van der Waals surface area contributed by atoms with E-state index in [1.165, 1.54) is 36.3 Å². The number of carbonyl (C=O) groups excluding carboxylic acids is 2. The molecule has 45 heavy (non-hydrogen) atoms. The van der Waals surface area contributed by atoms with Crippen LogP contribution in [0, 0.1) is 0 Å². The predicted octanol–water partition coefficient (Wildman–Crippen LogP) is 6.47. The highest BCUT2D eigenvalue weighted by Gasteiger charge is 2.35. The molecule has 4 aromatic carbocycles. The number of nitrogens with one attached hydrogen (secondary N) is 1. The van der Waals surface area contributed by atoms with E-state index in [4.69, 9.17) is 16.3 Å². The summed E-state index contributed by atoms with van der Waals surface area (Å²) in [5.41, 5.74) is 1.80. The number of nitrogens with zero attached hydrogens (tertiary/aromatic N) is 2. The Labute approximate surface area is 278 Å². The molecule has 1 N–H and O–H groups in total. The Kier molecular flexibility index (Phi) is 11.7. The maximum atomic E-state index is 14.5. The lowest BCUT2D eigenvalue weighted by Crippen LogP contribution is -2.54. The zero-order valence-corrected chi connectivity index (χ0v) is 28.3. The molecule has 0 aliphatic rings. The van der Waals surface area contributed by atoms with Crippen LogP contribution >= 0.6 is 27.5 Å². The molecule has 1 atom stereocenters. The van der Waals surface area contributed by atoms with Gasteiger partial charge in [0.1, 0.15) is 18.3 Å². The summed E-state index contributed by atoms with van der Waals surface area (Å²) in [6.07, 6.45) is 0.224.